The minimum absolute atomic E-state index is 0.160. The normalized spacial score (nSPS) is 21.6. The first-order valence-corrected chi connectivity index (χ1v) is 10.5. The molecule has 1 saturated carbocycles. The molecule has 4 rings (SSSR count). The highest BCUT2D eigenvalue weighted by Crippen LogP contribution is 2.35. The van der Waals surface area contributed by atoms with Crippen molar-refractivity contribution in [3.63, 3.8) is 0 Å². The monoisotopic (exact) mass is 375 g/mol. The summed E-state index contributed by atoms with van der Waals surface area (Å²) in [5.74, 6) is 1.21. The molecule has 0 spiro atoms. The maximum Gasteiger partial charge on any atom is 0.227 e. The van der Waals surface area contributed by atoms with Gasteiger partial charge in [0.15, 0.2) is 0 Å². The molecule has 2 aromatic rings. The van der Waals surface area contributed by atoms with Gasteiger partial charge in [-0.2, -0.15) is 0 Å². The van der Waals surface area contributed by atoms with E-state index in [1.165, 1.54) is 24.8 Å². The number of rotatable bonds is 5. The number of carbonyl (C=O) groups is 1. The fourth-order valence-corrected chi connectivity index (χ4v) is 4.18. The Hall–Kier alpha value is -2.55. The van der Waals surface area contributed by atoms with Crippen LogP contribution in [0.3, 0.4) is 0 Å². The lowest BCUT2D eigenvalue weighted by Gasteiger charge is -2.32. The number of hydrogen-bond donors (Lipinski definition) is 1. The number of fused-ring (bicyclic) bond motifs is 1. The first-order chi connectivity index (χ1) is 13.6. The molecule has 1 aliphatic carbocycles. The van der Waals surface area contributed by atoms with Crippen LogP contribution in [0.5, 0.6) is 5.75 Å². The van der Waals surface area contributed by atoms with Crippen LogP contribution in [-0.4, -0.2) is 11.5 Å². The summed E-state index contributed by atoms with van der Waals surface area (Å²) >= 11 is 0. The van der Waals surface area contributed by atoms with Crippen molar-refractivity contribution in [3.05, 3.63) is 65.7 Å². The Morgan fingerprint density at radius 1 is 1.11 bits per heavy atom. The van der Waals surface area contributed by atoms with Gasteiger partial charge >= 0.3 is 0 Å². The lowest BCUT2D eigenvalue weighted by atomic mass is 9.88. The molecular weight excluding hydrogens is 346 g/mol. The van der Waals surface area contributed by atoms with Gasteiger partial charge in [-0.05, 0) is 62.4 Å². The quantitative estimate of drug-likeness (QED) is 0.696. The van der Waals surface area contributed by atoms with Crippen LogP contribution >= 0.6 is 0 Å². The molecule has 1 amide bonds. The Labute approximate surface area is 167 Å². The number of carbonyl (C=O) groups excluding carboxylic acids is 1. The first kappa shape index (κ1) is 18.8. The Morgan fingerprint density at radius 2 is 1.89 bits per heavy atom. The van der Waals surface area contributed by atoms with Crippen LogP contribution in [-0.2, 0) is 11.2 Å². The maximum atomic E-state index is 12.5. The minimum Gasteiger partial charge on any atom is -0.483 e. The summed E-state index contributed by atoms with van der Waals surface area (Å²) in [5, 5.41) is 3.10. The van der Waals surface area contributed by atoms with Gasteiger partial charge in [0.1, 0.15) is 11.4 Å². The molecule has 1 N–H and O–H groups in total. The number of anilines is 1. The summed E-state index contributed by atoms with van der Waals surface area (Å²) in [6.07, 6.45) is 11.8. The van der Waals surface area contributed by atoms with Gasteiger partial charge in [0.05, 0.1) is 0 Å². The van der Waals surface area contributed by atoms with Crippen LogP contribution in [0.25, 0.3) is 6.08 Å². The molecule has 0 saturated heterocycles. The van der Waals surface area contributed by atoms with E-state index in [0.29, 0.717) is 0 Å². The summed E-state index contributed by atoms with van der Waals surface area (Å²) in [6.45, 7) is 2.13. The molecule has 3 nitrogen and oxygen atoms in total. The average molecular weight is 376 g/mol. The van der Waals surface area contributed by atoms with Gasteiger partial charge in [-0.3, -0.25) is 4.79 Å². The van der Waals surface area contributed by atoms with Gasteiger partial charge in [-0.1, -0.05) is 55.7 Å². The second kappa shape index (κ2) is 8.22. The molecule has 2 aromatic carbocycles. The lowest BCUT2D eigenvalue weighted by Crippen LogP contribution is -2.32. The molecule has 1 atom stereocenters. The summed E-state index contributed by atoms with van der Waals surface area (Å²) in [7, 11) is 0. The Kier molecular flexibility index (Phi) is 5.52. The van der Waals surface area contributed by atoms with Gasteiger partial charge in [-0.25, -0.2) is 0 Å². The smallest absolute Gasteiger partial charge is 0.227 e. The zero-order valence-corrected chi connectivity index (χ0v) is 16.6. The third-order valence-electron chi connectivity index (χ3n) is 5.96. The van der Waals surface area contributed by atoms with E-state index in [1.54, 1.807) is 0 Å². The van der Waals surface area contributed by atoms with Crippen molar-refractivity contribution in [2.24, 2.45) is 5.92 Å². The minimum atomic E-state index is -0.310. The molecule has 0 bridgehead atoms. The molecule has 2 aliphatic rings. The van der Waals surface area contributed by atoms with Crippen LogP contribution in [0.15, 0.2) is 54.6 Å². The van der Waals surface area contributed by atoms with Gasteiger partial charge < -0.3 is 10.1 Å². The van der Waals surface area contributed by atoms with E-state index in [4.69, 9.17) is 4.74 Å². The van der Waals surface area contributed by atoms with Crippen LogP contribution in [0, 0.1) is 5.92 Å². The van der Waals surface area contributed by atoms with Crippen molar-refractivity contribution < 1.29 is 9.53 Å². The first-order valence-electron chi connectivity index (χ1n) is 10.5. The van der Waals surface area contributed by atoms with Crippen molar-refractivity contribution >= 4 is 17.7 Å². The zero-order chi connectivity index (χ0) is 19.4. The summed E-state index contributed by atoms with van der Waals surface area (Å²) < 4.78 is 6.32. The van der Waals surface area contributed by atoms with E-state index < -0.39 is 0 Å². The molecule has 146 valence electrons. The van der Waals surface area contributed by atoms with Crippen LogP contribution in [0.2, 0.25) is 0 Å². The SMILES string of the molecule is CC1(CCc2ccccc2)C=Cc2cc(NC(=O)C3CCCCC3)ccc2O1. The molecular formula is C25H29NO2. The van der Waals surface area contributed by atoms with Gasteiger partial charge in [0.25, 0.3) is 0 Å². The number of amides is 1. The molecule has 1 heterocycles. The average Bonchev–Trinajstić information content (AvgIpc) is 2.74. The highest BCUT2D eigenvalue weighted by atomic mass is 16.5. The van der Waals surface area contributed by atoms with Gasteiger partial charge in [0.2, 0.25) is 5.91 Å². The van der Waals surface area contributed by atoms with E-state index >= 15 is 0 Å². The van der Waals surface area contributed by atoms with E-state index in [2.05, 4.69) is 48.7 Å². The highest BCUT2D eigenvalue weighted by Gasteiger charge is 2.27. The molecule has 1 aliphatic heterocycles. The van der Waals surface area contributed by atoms with Gasteiger partial charge in [-0.15, -0.1) is 0 Å². The molecule has 1 fully saturated rings. The van der Waals surface area contributed by atoms with Gasteiger partial charge in [0, 0.05) is 17.2 Å². The highest BCUT2D eigenvalue weighted by molar-refractivity contribution is 5.93. The van der Waals surface area contributed by atoms with Crippen molar-refractivity contribution in [1.29, 1.82) is 0 Å². The molecule has 0 aromatic heterocycles. The van der Waals surface area contributed by atoms with Crippen LogP contribution < -0.4 is 10.1 Å². The van der Waals surface area contributed by atoms with E-state index in [1.807, 2.05) is 24.3 Å². The standard InChI is InChI=1S/C25H29NO2/c1-25(16-14-19-8-4-2-5-9-19)17-15-21-18-22(12-13-23(21)28-25)26-24(27)20-10-6-3-7-11-20/h2,4-5,8-9,12-13,15,17-18,20H,3,6-7,10-11,14,16H2,1H3,(H,26,27). The summed E-state index contributed by atoms with van der Waals surface area (Å²) in [4.78, 5) is 12.5. The van der Waals surface area contributed by atoms with E-state index in [0.717, 1.165) is 42.7 Å². The number of nitrogens with one attached hydrogen (secondary N) is 1. The van der Waals surface area contributed by atoms with E-state index in [9.17, 15) is 4.79 Å². The van der Waals surface area contributed by atoms with Crippen LogP contribution in [0.1, 0.15) is 56.6 Å². The predicted octanol–water partition coefficient (Wildman–Crippen LogP) is 6.00. The molecule has 1 unspecified atom stereocenters. The third kappa shape index (κ3) is 4.46. The maximum absolute atomic E-state index is 12.5. The van der Waals surface area contributed by atoms with Crippen LogP contribution in [0.4, 0.5) is 5.69 Å². The van der Waals surface area contributed by atoms with Crippen molar-refractivity contribution in [1.82, 2.24) is 0 Å². The Bertz CT molecular complexity index is 852. The van der Waals surface area contributed by atoms with E-state index in [-0.39, 0.29) is 17.4 Å². The fourth-order valence-electron chi connectivity index (χ4n) is 4.18. The molecule has 0 radical (unpaired) electrons. The largest absolute Gasteiger partial charge is 0.483 e. The number of benzene rings is 2. The summed E-state index contributed by atoms with van der Waals surface area (Å²) in [6, 6.07) is 16.5. The number of ether oxygens (including phenoxy) is 1. The Morgan fingerprint density at radius 3 is 2.68 bits per heavy atom. The second-order valence-corrected chi connectivity index (χ2v) is 8.31. The van der Waals surface area contributed by atoms with Crippen molar-refractivity contribution in [3.8, 4) is 5.75 Å². The summed E-state index contributed by atoms with van der Waals surface area (Å²) in [5.41, 5.74) is 2.90. The van der Waals surface area contributed by atoms with Crippen molar-refractivity contribution in [2.75, 3.05) is 5.32 Å². The third-order valence-corrected chi connectivity index (χ3v) is 5.96. The number of aryl methyl sites for hydroxylation is 1. The molecule has 28 heavy (non-hydrogen) atoms. The zero-order valence-electron chi connectivity index (χ0n) is 16.6. The fraction of sp³-hybridized carbons (Fsp3) is 0.400. The Balaban J connectivity index is 1.40. The lowest BCUT2D eigenvalue weighted by molar-refractivity contribution is -0.120. The van der Waals surface area contributed by atoms with Crippen molar-refractivity contribution in [2.45, 2.75) is 57.5 Å². The topological polar surface area (TPSA) is 38.3 Å². The predicted molar refractivity (Wildman–Crippen MR) is 114 cm³/mol. The second-order valence-electron chi connectivity index (χ2n) is 8.31. The number of hydrogen-bond acceptors (Lipinski definition) is 2. The molecule has 3 heteroatoms.